The van der Waals surface area contributed by atoms with Gasteiger partial charge in [0.1, 0.15) is 0 Å². The Hall–Kier alpha value is -2.15. The Morgan fingerprint density at radius 2 is 2.10 bits per heavy atom. The lowest BCUT2D eigenvalue weighted by molar-refractivity contribution is -0.386. The van der Waals surface area contributed by atoms with Crippen molar-refractivity contribution < 1.29 is 19.6 Å². The Morgan fingerprint density at radius 1 is 1.43 bits per heavy atom. The van der Waals surface area contributed by atoms with Crippen LogP contribution in [0.25, 0.3) is 0 Å². The van der Waals surface area contributed by atoms with E-state index >= 15 is 0 Å². The van der Waals surface area contributed by atoms with Gasteiger partial charge in [-0.2, -0.15) is 0 Å². The summed E-state index contributed by atoms with van der Waals surface area (Å²) in [6.07, 6.45) is -1.15. The van der Waals surface area contributed by atoms with Crippen molar-refractivity contribution in [3.8, 4) is 5.75 Å². The van der Waals surface area contributed by atoms with Crippen molar-refractivity contribution in [1.82, 2.24) is 5.32 Å². The normalized spacial score (nSPS) is 12.2. The molecule has 0 spiro atoms. The van der Waals surface area contributed by atoms with E-state index in [1.54, 1.807) is 6.07 Å². The van der Waals surface area contributed by atoms with Crippen molar-refractivity contribution >= 4 is 11.7 Å². The largest absolute Gasteiger partial charge is 0.479 e. The van der Waals surface area contributed by atoms with Crippen LogP contribution in [0.4, 0.5) is 5.69 Å². The molecule has 0 bridgehead atoms. The van der Waals surface area contributed by atoms with Crippen LogP contribution in [0, 0.1) is 16.0 Å². The van der Waals surface area contributed by atoms with E-state index in [-0.39, 0.29) is 11.4 Å². The topological polar surface area (TPSA) is 102 Å². The molecule has 1 unspecified atom stereocenters. The first kappa shape index (κ1) is 16.9. The first-order valence-electron chi connectivity index (χ1n) is 6.68. The standard InChI is InChI=1S/C14H20N2O5/c1-9(2)7-15-8-11-4-5-12(16(19)20)13(6-11)21-10(3)14(17)18/h4-6,9-10,15H,7-8H2,1-3H3,(H,17,18). The molecule has 0 saturated heterocycles. The summed E-state index contributed by atoms with van der Waals surface area (Å²) < 4.78 is 5.17. The smallest absolute Gasteiger partial charge is 0.344 e. The molecule has 7 heteroatoms. The van der Waals surface area contributed by atoms with Gasteiger partial charge in [-0.1, -0.05) is 19.9 Å². The van der Waals surface area contributed by atoms with Gasteiger partial charge in [-0.3, -0.25) is 10.1 Å². The lowest BCUT2D eigenvalue weighted by Gasteiger charge is -2.12. The molecule has 2 N–H and O–H groups in total. The molecule has 1 aromatic rings. The molecule has 21 heavy (non-hydrogen) atoms. The molecule has 0 fully saturated rings. The van der Waals surface area contributed by atoms with E-state index in [4.69, 9.17) is 9.84 Å². The van der Waals surface area contributed by atoms with Crippen molar-refractivity contribution in [2.24, 2.45) is 5.92 Å². The highest BCUT2D eigenvalue weighted by Gasteiger charge is 2.21. The lowest BCUT2D eigenvalue weighted by atomic mass is 10.1. The second-order valence-electron chi connectivity index (χ2n) is 5.18. The van der Waals surface area contributed by atoms with Crippen LogP contribution in [0.15, 0.2) is 18.2 Å². The SMILES string of the molecule is CC(C)CNCc1ccc([N+](=O)[O-])c(OC(C)C(=O)O)c1. The van der Waals surface area contributed by atoms with Gasteiger partial charge in [-0.25, -0.2) is 4.79 Å². The van der Waals surface area contributed by atoms with Crippen molar-refractivity contribution in [1.29, 1.82) is 0 Å². The molecule has 1 aromatic carbocycles. The van der Waals surface area contributed by atoms with Gasteiger partial charge in [0.25, 0.3) is 0 Å². The Morgan fingerprint density at radius 3 is 2.62 bits per heavy atom. The number of carboxylic acid groups (broad SMARTS) is 1. The van der Waals surface area contributed by atoms with Crippen LogP contribution >= 0.6 is 0 Å². The van der Waals surface area contributed by atoms with E-state index in [0.29, 0.717) is 12.5 Å². The molecule has 1 atom stereocenters. The first-order valence-corrected chi connectivity index (χ1v) is 6.68. The third-order valence-electron chi connectivity index (χ3n) is 2.75. The van der Waals surface area contributed by atoms with E-state index in [0.717, 1.165) is 12.1 Å². The number of aliphatic carboxylic acids is 1. The van der Waals surface area contributed by atoms with Crippen molar-refractivity contribution in [3.05, 3.63) is 33.9 Å². The van der Waals surface area contributed by atoms with Gasteiger partial charge < -0.3 is 15.2 Å². The molecule has 0 aromatic heterocycles. The average molecular weight is 296 g/mol. The van der Waals surface area contributed by atoms with E-state index < -0.39 is 17.0 Å². The summed E-state index contributed by atoms with van der Waals surface area (Å²) in [6, 6.07) is 4.46. The van der Waals surface area contributed by atoms with Gasteiger partial charge in [-0.15, -0.1) is 0 Å². The highest BCUT2D eigenvalue weighted by atomic mass is 16.6. The molecule has 0 aliphatic carbocycles. The molecule has 0 aliphatic heterocycles. The maximum absolute atomic E-state index is 11.0. The number of nitro groups is 1. The van der Waals surface area contributed by atoms with Gasteiger partial charge in [0, 0.05) is 12.6 Å². The summed E-state index contributed by atoms with van der Waals surface area (Å²) in [6.45, 7) is 6.83. The summed E-state index contributed by atoms with van der Waals surface area (Å²) in [4.78, 5) is 21.2. The highest BCUT2D eigenvalue weighted by molar-refractivity contribution is 5.72. The molecule has 0 saturated carbocycles. The summed E-state index contributed by atoms with van der Waals surface area (Å²) in [5, 5.41) is 23.0. The molecule has 0 heterocycles. The number of hydrogen-bond donors (Lipinski definition) is 2. The van der Waals surface area contributed by atoms with Crippen molar-refractivity contribution in [3.63, 3.8) is 0 Å². The third-order valence-corrected chi connectivity index (χ3v) is 2.75. The monoisotopic (exact) mass is 296 g/mol. The van der Waals surface area contributed by atoms with Crippen LogP contribution in [0.5, 0.6) is 5.75 Å². The number of nitrogens with one attached hydrogen (secondary N) is 1. The Kier molecular flexibility index (Phi) is 6.10. The number of hydrogen-bond acceptors (Lipinski definition) is 5. The van der Waals surface area contributed by atoms with Crippen LogP contribution < -0.4 is 10.1 Å². The minimum absolute atomic E-state index is 0.0289. The number of ether oxygens (including phenoxy) is 1. The molecule has 0 amide bonds. The number of nitro benzene ring substituents is 1. The first-order chi connectivity index (χ1) is 9.81. The Bertz CT molecular complexity index is 516. The third kappa shape index (κ3) is 5.39. The number of carbonyl (C=O) groups is 1. The predicted octanol–water partition coefficient (Wildman–Crippen LogP) is 2.19. The van der Waals surface area contributed by atoms with Crippen molar-refractivity contribution in [2.45, 2.75) is 33.4 Å². The predicted molar refractivity (Wildman–Crippen MR) is 77.4 cm³/mol. The fourth-order valence-electron chi connectivity index (χ4n) is 1.66. The number of benzene rings is 1. The zero-order valence-corrected chi connectivity index (χ0v) is 12.3. The minimum atomic E-state index is -1.17. The molecule has 1 rings (SSSR count). The Balaban J connectivity index is 2.90. The van der Waals surface area contributed by atoms with Gasteiger partial charge in [0.2, 0.25) is 0 Å². The summed E-state index contributed by atoms with van der Waals surface area (Å²) in [7, 11) is 0. The second-order valence-corrected chi connectivity index (χ2v) is 5.18. The van der Waals surface area contributed by atoms with Crippen molar-refractivity contribution in [2.75, 3.05) is 6.54 Å². The fourth-order valence-corrected chi connectivity index (χ4v) is 1.66. The quantitative estimate of drug-likeness (QED) is 0.563. The van der Waals surface area contributed by atoms with Gasteiger partial charge in [0.05, 0.1) is 4.92 Å². The van der Waals surface area contributed by atoms with Gasteiger partial charge >= 0.3 is 11.7 Å². The number of carboxylic acids is 1. The summed E-state index contributed by atoms with van der Waals surface area (Å²) in [5.74, 6) is -0.711. The molecular weight excluding hydrogens is 276 g/mol. The van der Waals surface area contributed by atoms with Crippen LogP contribution in [0.2, 0.25) is 0 Å². The Labute approximate surface area is 123 Å². The van der Waals surface area contributed by atoms with Gasteiger partial charge in [-0.05, 0) is 31.0 Å². The minimum Gasteiger partial charge on any atom is -0.479 e. The summed E-state index contributed by atoms with van der Waals surface area (Å²) >= 11 is 0. The number of rotatable bonds is 8. The molecule has 0 aliphatic rings. The van der Waals surface area contributed by atoms with Gasteiger partial charge in [0.15, 0.2) is 11.9 Å². The summed E-state index contributed by atoms with van der Waals surface area (Å²) in [5.41, 5.74) is 0.560. The van der Waals surface area contributed by atoms with Crippen LogP contribution in [-0.2, 0) is 11.3 Å². The zero-order valence-electron chi connectivity index (χ0n) is 12.3. The maximum Gasteiger partial charge on any atom is 0.344 e. The highest BCUT2D eigenvalue weighted by Crippen LogP contribution is 2.29. The van der Waals surface area contributed by atoms with E-state index in [9.17, 15) is 14.9 Å². The second kappa shape index (κ2) is 7.58. The van der Waals surface area contributed by atoms with E-state index in [2.05, 4.69) is 19.2 Å². The van der Waals surface area contributed by atoms with Crippen LogP contribution in [0.3, 0.4) is 0 Å². The lowest BCUT2D eigenvalue weighted by Crippen LogP contribution is -2.23. The van der Waals surface area contributed by atoms with E-state index in [1.165, 1.54) is 19.1 Å². The molecular formula is C14H20N2O5. The van der Waals surface area contributed by atoms with Crippen LogP contribution in [-0.4, -0.2) is 28.6 Å². The fraction of sp³-hybridized carbons (Fsp3) is 0.500. The maximum atomic E-state index is 11.0. The van der Waals surface area contributed by atoms with Crippen LogP contribution in [0.1, 0.15) is 26.3 Å². The zero-order chi connectivity index (χ0) is 16.0. The average Bonchev–Trinajstić information content (AvgIpc) is 2.38. The molecule has 116 valence electrons. The van der Waals surface area contributed by atoms with E-state index in [1.807, 2.05) is 0 Å². The molecule has 0 radical (unpaired) electrons. The molecule has 7 nitrogen and oxygen atoms in total. The number of nitrogens with zero attached hydrogens (tertiary/aromatic N) is 1.